The Hall–Kier alpha value is -2.14. The minimum atomic E-state index is 0.394. The van der Waals surface area contributed by atoms with E-state index in [1.807, 2.05) is 30.3 Å². The second-order valence-corrected chi connectivity index (χ2v) is 4.64. The van der Waals surface area contributed by atoms with Gasteiger partial charge in [-0.2, -0.15) is 4.98 Å². The number of hydrogen-bond acceptors (Lipinski definition) is 5. The topological polar surface area (TPSA) is 70.3 Å². The SMILES string of the molecule is CCCCOCCOc1cc(N)nc(-c2ccccc2)n1. The Kier molecular flexibility index (Phi) is 5.97. The maximum Gasteiger partial charge on any atom is 0.219 e. The van der Waals surface area contributed by atoms with Gasteiger partial charge >= 0.3 is 0 Å². The monoisotopic (exact) mass is 287 g/mol. The summed E-state index contributed by atoms with van der Waals surface area (Å²) in [6, 6.07) is 11.3. The molecule has 112 valence electrons. The summed E-state index contributed by atoms with van der Waals surface area (Å²) in [4.78, 5) is 8.60. The summed E-state index contributed by atoms with van der Waals surface area (Å²) in [5.74, 6) is 1.43. The zero-order chi connectivity index (χ0) is 14.9. The van der Waals surface area contributed by atoms with Crippen LogP contribution in [0.1, 0.15) is 19.8 Å². The summed E-state index contributed by atoms with van der Waals surface area (Å²) >= 11 is 0. The third-order valence-corrected chi connectivity index (χ3v) is 2.87. The highest BCUT2D eigenvalue weighted by Gasteiger charge is 2.05. The van der Waals surface area contributed by atoms with Crippen molar-refractivity contribution in [2.75, 3.05) is 25.6 Å². The lowest BCUT2D eigenvalue weighted by Gasteiger charge is -2.08. The van der Waals surface area contributed by atoms with Crippen LogP contribution in [0, 0.1) is 0 Å². The van der Waals surface area contributed by atoms with Crippen LogP contribution in [0.2, 0.25) is 0 Å². The zero-order valence-corrected chi connectivity index (χ0v) is 12.3. The summed E-state index contributed by atoms with van der Waals surface area (Å²) in [5, 5.41) is 0. The number of anilines is 1. The van der Waals surface area contributed by atoms with E-state index >= 15 is 0 Å². The fourth-order valence-electron chi connectivity index (χ4n) is 1.79. The Balaban J connectivity index is 1.93. The Morgan fingerprint density at radius 1 is 1.05 bits per heavy atom. The molecule has 0 bridgehead atoms. The number of benzene rings is 1. The van der Waals surface area contributed by atoms with Crippen molar-refractivity contribution in [3.63, 3.8) is 0 Å². The number of aromatic nitrogens is 2. The number of nitrogens with zero attached hydrogens (tertiary/aromatic N) is 2. The molecule has 5 nitrogen and oxygen atoms in total. The summed E-state index contributed by atoms with van der Waals surface area (Å²) in [5.41, 5.74) is 6.72. The number of nitrogens with two attached hydrogens (primary N) is 1. The van der Waals surface area contributed by atoms with E-state index in [1.165, 1.54) is 0 Å². The van der Waals surface area contributed by atoms with Gasteiger partial charge in [0.25, 0.3) is 0 Å². The fourth-order valence-corrected chi connectivity index (χ4v) is 1.79. The van der Waals surface area contributed by atoms with Gasteiger partial charge in [0.1, 0.15) is 12.4 Å². The number of nitrogen functional groups attached to an aromatic ring is 1. The highest BCUT2D eigenvalue weighted by Crippen LogP contribution is 2.19. The standard InChI is InChI=1S/C16H21N3O2/c1-2-3-9-20-10-11-21-15-12-14(17)18-16(19-15)13-7-5-4-6-8-13/h4-8,12H,2-3,9-11H2,1H3,(H2,17,18,19). The molecule has 0 atom stereocenters. The van der Waals surface area contributed by atoms with E-state index in [0.29, 0.717) is 30.7 Å². The lowest BCUT2D eigenvalue weighted by atomic mass is 10.2. The normalized spacial score (nSPS) is 10.5. The Morgan fingerprint density at radius 2 is 1.86 bits per heavy atom. The van der Waals surface area contributed by atoms with Crippen LogP contribution in [0.15, 0.2) is 36.4 Å². The molecule has 0 aliphatic rings. The quantitative estimate of drug-likeness (QED) is 0.756. The van der Waals surface area contributed by atoms with Crippen molar-refractivity contribution in [1.82, 2.24) is 9.97 Å². The van der Waals surface area contributed by atoms with Gasteiger partial charge in [0.05, 0.1) is 6.61 Å². The summed E-state index contributed by atoms with van der Waals surface area (Å²) in [7, 11) is 0. The Bertz CT molecular complexity index is 546. The largest absolute Gasteiger partial charge is 0.475 e. The van der Waals surface area contributed by atoms with E-state index < -0.39 is 0 Å². The molecule has 21 heavy (non-hydrogen) atoms. The van der Waals surface area contributed by atoms with Crippen molar-refractivity contribution in [3.05, 3.63) is 36.4 Å². The lowest BCUT2D eigenvalue weighted by molar-refractivity contribution is 0.0965. The first-order valence-corrected chi connectivity index (χ1v) is 7.20. The van der Waals surface area contributed by atoms with Gasteiger partial charge in [0, 0.05) is 18.2 Å². The summed E-state index contributed by atoms with van der Waals surface area (Å²) in [6.45, 7) is 3.90. The van der Waals surface area contributed by atoms with E-state index in [2.05, 4.69) is 16.9 Å². The molecule has 2 aromatic rings. The predicted octanol–water partition coefficient (Wildman–Crippen LogP) is 2.92. The van der Waals surface area contributed by atoms with Gasteiger partial charge in [-0.05, 0) is 6.42 Å². The maximum atomic E-state index is 5.80. The maximum absolute atomic E-state index is 5.80. The van der Waals surface area contributed by atoms with Gasteiger partial charge in [-0.1, -0.05) is 43.7 Å². The fraction of sp³-hybridized carbons (Fsp3) is 0.375. The van der Waals surface area contributed by atoms with Crippen LogP contribution in [0.25, 0.3) is 11.4 Å². The molecule has 5 heteroatoms. The van der Waals surface area contributed by atoms with Gasteiger partial charge < -0.3 is 15.2 Å². The predicted molar refractivity (Wildman–Crippen MR) is 83.1 cm³/mol. The molecule has 0 amide bonds. The second-order valence-electron chi connectivity index (χ2n) is 4.64. The first-order chi connectivity index (χ1) is 10.3. The number of rotatable bonds is 8. The van der Waals surface area contributed by atoms with Gasteiger partial charge in [-0.3, -0.25) is 0 Å². The molecule has 0 spiro atoms. The molecular weight excluding hydrogens is 266 g/mol. The molecule has 1 heterocycles. The zero-order valence-electron chi connectivity index (χ0n) is 12.3. The van der Waals surface area contributed by atoms with E-state index in [9.17, 15) is 0 Å². The van der Waals surface area contributed by atoms with Crippen molar-refractivity contribution in [2.45, 2.75) is 19.8 Å². The van der Waals surface area contributed by atoms with Crippen molar-refractivity contribution in [3.8, 4) is 17.3 Å². The van der Waals surface area contributed by atoms with Crippen LogP contribution in [-0.2, 0) is 4.74 Å². The van der Waals surface area contributed by atoms with Crippen LogP contribution in [0.5, 0.6) is 5.88 Å². The molecule has 0 saturated carbocycles. The third-order valence-electron chi connectivity index (χ3n) is 2.87. The van der Waals surface area contributed by atoms with E-state index in [1.54, 1.807) is 6.07 Å². The first-order valence-electron chi connectivity index (χ1n) is 7.20. The Labute approximate surface area is 125 Å². The average Bonchev–Trinajstić information content (AvgIpc) is 2.51. The average molecular weight is 287 g/mol. The molecule has 0 aliphatic carbocycles. The van der Waals surface area contributed by atoms with Crippen molar-refractivity contribution in [1.29, 1.82) is 0 Å². The van der Waals surface area contributed by atoms with Crippen LogP contribution in [0.3, 0.4) is 0 Å². The van der Waals surface area contributed by atoms with Crippen molar-refractivity contribution >= 4 is 5.82 Å². The molecule has 0 saturated heterocycles. The Morgan fingerprint density at radius 3 is 2.62 bits per heavy atom. The smallest absolute Gasteiger partial charge is 0.219 e. The summed E-state index contributed by atoms with van der Waals surface area (Å²) in [6.07, 6.45) is 2.20. The van der Waals surface area contributed by atoms with Crippen molar-refractivity contribution < 1.29 is 9.47 Å². The van der Waals surface area contributed by atoms with E-state index in [-0.39, 0.29) is 0 Å². The first kappa shape index (κ1) is 15.3. The molecule has 2 rings (SSSR count). The minimum Gasteiger partial charge on any atom is -0.475 e. The highest BCUT2D eigenvalue weighted by molar-refractivity contribution is 5.57. The molecule has 0 unspecified atom stereocenters. The molecular formula is C16H21N3O2. The number of unbranched alkanes of at least 4 members (excludes halogenated alkanes) is 1. The molecule has 0 radical (unpaired) electrons. The number of ether oxygens (including phenoxy) is 2. The molecule has 2 N–H and O–H groups in total. The molecule has 1 aromatic carbocycles. The second kappa shape index (κ2) is 8.21. The van der Waals surface area contributed by atoms with Gasteiger partial charge in [0.15, 0.2) is 5.82 Å². The third kappa shape index (κ3) is 5.04. The van der Waals surface area contributed by atoms with Crippen LogP contribution in [0.4, 0.5) is 5.82 Å². The molecule has 0 fully saturated rings. The van der Waals surface area contributed by atoms with Crippen molar-refractivity contribution in [2.24, 2.45) is 0 Å². The lowest BCUT2D eigenvalue weighted by Crippen LogP contribution is -2.09. The van der Waals surface area contributed by atoms with Gasteiger partial charge in [0.2, 0.25) is 5.88 Å². The highest BCUT2D eigenvalue weighted by atomic mass is 16.5. The molecule has 0 aliphatic heterocycles. The van der Waals surface area contributed by atoms with E-state index in [4.69, 9.17) is 15.2 Å². The number of hydrogen-bond donors (Lipinski definition) is 1. The van der Waals surface area contributed by atoms with Gasteiger partial charge in [-0.15, -0.1) is 0 Å². The van der Waals surface area contributed by atoms with E-state index in [0.717, 1.165) is 25.0 Å². The van der Waals surface area contributed by atoms with Crippen LogP contribution < -0.4 is 10.5 Å². The molecule has 1 aromatic heterocycles. The van der Waals surface area contributed by atoms with Crippen LogP contribution >= 0.6 is 0 Å². The summed E-state index contributed by atoms with van der Waals surface area (Å²) < 4.78 is 11.0. The minimum absolute atomic E-state index is 0.394. The van der Waals surface area contributed by atoms with Crippen LogP contribution in [-0.4, -0.2) is 29.8 Å². The van der Waals surface area contributed by atoms with Gasteiger partial charge in [-0.25, -0.2) is 4.98 Å².